The van der Waals surface area contributed by atoms with Crippen molar-refractivity contribution in [2.24, 2.45) is 0 Å². The van der Waals surface area contributed by atoms with Gasteiger partial charge in [0.15, 0.2) is 5.71 Å². The second kappa shape index (κ2) is 4.61. The van der Waals surface area contributed by atoms with Crippen LogP contribution in [0.4, 0.5) is 0 Å². The normalized spacial score (nSPS) is 19.1. The van der Waals surface area contributed by atoms with Crippen molar-refractivity contribution in [2.75, 3.05) is 14.1 Å². The van der Waals surface area contributed by atoms with Crippen molar-refractivity contribution in [3.63, 3.8) is 0 Å². The molecule has 0 fully saturated rings. The number of rotatable bonds is 0. The van der Waals surface area contributed by atoms with Gasteiger partial charge in [0.1, 0.15) is 14.1 Å². The van der Waals surface area contributed by atoms with E-state index in [2.05, 4.69) is 49.9 Å². The minimum absolute atomic E-state index is 0. The molecule has 0 amide bonds. The lowest BCUT2D eigenvalue weighted by Gasteiger charge is -2.21. The van der Waals surface area contributed by atoms with Gasteiger partial charge in [-0.2, -0.15) is 0 Å². The van der Waals surface area contributed by atoms with E-state index in [1.165, 1.54) is 29.7 Å². The van der Waals surface area contributed by atoms with Gasteiger partial charge < -0.3 is 0 Å². The number of nitrogens with zero attached hydrogens (tertiary/aromatic N) is 1. The summed E-state index contributed by atoms with van der Waals surface area (Å²) >= 11 is 0. The van der Waals surface area contributed by atoms with Crippen molar-refractivity contribution < 1.29 is 4.58 Å². The maximum absolute atomic E-state index is 2.32. The first-order chi connectivity index (χ1) is 6.70. The second-order valence-electron chi connectivity index (χ2n) is 4.37. The third-order valence-electron chi connectivity index (χ3n) is 3.16. The van der Waals surface area contributed by atoms with E-state index >= 15 is 0 Å². The third-order valence-corrected chi connectivity index (χ3v) is 3.16. The van der Waals surface area contributed by atoms with Crippen molar-refractivity contribution in [1.82, 2.24) is 0 Å². The SMILES string of the molecule is C.CC1CCC(=[N+](C)C)c2ccccc21. The minimum atomic E-state index is 0. The van der Waals surface area contributed by atoms with Gasteiger partial charge in [-0.1, -0.05) is 32.5 Å². The Balaban J connectivity index is 0.00000112. The standard InChI is InChI=1S/C13H18N.CH4/c1-10-8-9-13(14(2)3)12-7-5-4-6-11(10)12;/h4-7,10H,8-9H2,1-3H3;1H4/q+1;. The maximum atomic E-state index is 2.32. The summed E-state index contributed by atoms with van der Waals surface area (Å²) in [5.74, 6) is 0.717. The molecule has 1 aliphatic carbocycles. The number of benzene rings is 1. The molecule has 0 radical (unpaired) electrons. The molecule has 0 aromatic heterocycles. The van der Waals surface area contributed by atoms with E-state index in [4.69, 9.17) is 0 Å². The van der Waals surface area contributed by atoms with Gasteiger partial charge in [-0.05, 0) is 24.0 Å². The summed E-state index contributed by atoms with van der Waals surface area (Å²) in [5, 5.41) is 0. The zero-order chi connectivity index (χ0) is 10.1. The molecular formula is C14H22N+. The molecule has 82 valence electrons. The molecule has 0 spiro atoms. The predicted octanol–water partition coefficient (Wildman–Crippen LogP) is 3.28. The third kappa shape index (κ3) is 2.11. The fraction of sp³-hybridized carbons (Fsp3) is 0.500. The van der Waals surface area contributed by atoms with Crippen molar-refractivity contribution in [3.8, 4) is 0 Å². The Labute approximate surface area is 93.5 Å². The predicted molar refractivity (Wildman–Crippen MR) is 67.0 cm³/mol. The molecule has 1 aromatic rings. The van der Waals surface area contributed by atoms with Gasteiger partial charge in [0.2, 0.25) is 0 Å². The average molecular weight is 204 g/mol. The number of hydrogen-bond donors (Lipinski definition) is 0. The molecule has 0 saturated carbocycles. The van der Waals surface area contributed by atoms with Crippen molar-refractivity contribution in [1.29, 1.82) is 0 Å². The average Bonchev–Trinajstić information content (AvgIpc) is 2.18. The first-order valence-corrected chi connectivity index (χ1v) is 5.32. The minimum Gasteiger partial charge on any atom is -0.238 e. The molecular weight excluding hydrogens is 182 g/mol. The van der Waals surface area contributed by atoms with Crippen LogP contribution < -0.4 is 0 Å². The fourth-order valence-corrected chi connectivity index (χ4v) is 2.30. The highest BCUT2D eigenvalue weighted by Crippen LogP contribution is 2.30. The Morgan fingerprint density at radius 2 is 1.87 bits per heavy atom. The highest BCUT2D eigenvalue weighted by molar-refractivity contribution is 5.99. The molecule has 1 unspecified atom stereocenters. The highest BCUT2D eigenvalue weighted by Gasteiger charge is 2.24. The summed E-state index contributed by atoms with van der Waals surface area (Å²) in [6, 6.07) is 8.80. The van der Waals surface area contributed by atoms with Crippen LogP contribution in [0.5, 0.6) is 0 Å². The van der Waals surface area contributed by atoms with Crippen molar-refractivity contribution >= 4 is 5.71 Å². The van der Waals surface area contributed by atoms with E-state index in [0.717, 1.165) is 5.92 Å². The van der Waals surface area contributed by atoms with Crippen LogP contribution >= 0.6 is 0 Å². The molecule has 2 rings (SSSR count). The van der Waals surface area contributed by atoms with Crippen LogP contribution in [-0.2, 0) is 0 Å². The van der Waals surface area contributed by atoms with Crippen LogP contribution in [0.2, 0.25) is 0 Å². The Morgan fingerprint density at radius 1 is 1.20 bits per heavy atom. The molecule has 1 nitrogen and oxygen atoms in total. The molecule has 1 aromatic carbocycles. The Kier molecular flexibility index (Phi) is 3.67. The molecule has 0 heterocycles. The van der Waals surface area contributed by atoms with Gasteiger partial charge in [-0.3, -0.25) is 0 Å². The first kappa shape index (κ1) is 12.0. The van der Waals surface area contributed by atoms with Gasteiger partial charge >= 0.3 is 0 Å². The summed E-state index contributed by atoms with van der Waals surface area (Å²) < 4.78 is 2.25. The summed E-state index contributed by atoms with van der Waals surface area (Å²) in [7, 11) is 4.28. The van der Waals surface area contributed by atoms with Gasteiger partial charge in [-0.15, -0.1) is 0 Å². The van der Waals surface area contributed by atoms with Crippen LogP contribution in [0.15, 0.2) is 24.3 Å². The zero-order valence-corrected chi connectivity index (χ0v) is 9.25. The van der Waals surface area contributed by atoms with E-state index in [9.17, 15) is 0 Å². The van der Waals surface area contributed by atoms with E-state index in [1.807, 2.05) is 0 Å². The van der Waals surface area contributed by atoms with E-state index in [0.29, 0.717) is 0 Å². The van der Waals surface area contributed by atoms with E-state index in [1.54, 1.807) is 0 Å². The lowest BCUT2D eigenvalue weighted by atomic mass is 9.82. The molecule has 1 heteroatoms. The van der Waals surface area contributed by atoms with Crippen molar-refractivity contribution in [2.45, 2.75) is 33.1 Å². The number of fused-ring (bicyclic) bond motifs is 1. The zero-order valence-electron chi connectivity index (χ0n) is 9.25. The molecule has 0 bridgehead atoms. The van der Waals surface area contributed by atoms with Crippen LogP contribution in [-0.4, -0.2) is 24.4 Å². The van der Waals surface area contributed by atoms with E-state index in [-0.39, 0.29) is 7.43 Å². The summed E-state index contributed by atoms with van der Waals surface area (Å²) in [4.78, 5) is 0. The topological polar surface area (TPSA) is 3.01 Å². The van der Waals surface area contributed by atoms with E-state index < -0.39 is 0 Å². The van der Waals surface area contributed by atoms with Crippen LogP contribution in [0.3, 0.4) is 0 Å². The Bertz CT molecular complexity index is 373. The van der Waals surface area contributed by atoms with Gasteiger partial charge in [0.05, 0.1) is 0 Å². The molecule has 1 atom stereocenters. The van der Waals surface area contributed by atoms with Gasteiger partial charge in [0, 0.05) is 12.0 Å². The van der Waals surface area contributed by atoms with Crippen LogP contribution in [0.25, 0.3) is 0 Å². The monoisotopic (exact) mass is 204 g/mol. The van der Waals surface area contributed by atoms with Crippen LogP contribution in [0, 0.1) is 0 Å². The molecule has 0 saturated heterocycles. The maximum Gasteiger partial charge on any atom is 0.183 e. The lowest BCUT2D eigenvalue weighted by molar-refractivity contribution is -0.465. The summed E-state index contributed by atoms with van der Waals surface area (Å²) in [6.07, 6.45) is 2.50. The van der Waals surface area contributed by atoms with Crippen molar-refractivity contribution in [3.05, 3.63) is 35.4 Å². The Hall–Kier alpha value is -1.11. The fourth-order valence-electron chi connectivity index (χ4n) is 2.30. The van der Waals surface area contributed by atoms with Gasteiger partial charge in [0.25, 0.3) is 0 Å². The molecule has 0 N–H and O–H groups in total. The summed E-state index contributed by atoms with van der Waals surface area (Å²) in [6.45, 7) is 2.32. The van der Waals surface area contributed by atoms with Gasteiger partial charge in [-0.25, -0.2) is 4.58 Å². The second-order valence-corrected chi connectivity index (χ2v) is 4.37. The highest BCUT2D eigenvalue weighted by atomic mass is 14.9. The largest absolute Gasteiger partial charge is 0.238 e. The molecule has 15 heavy (non-hydrogen) atoms. The molecule has 1 aliphatic rings. The quantitative estimate of drug-likeness (QED) is 0.571. The molecule has 0 aliphatic heterocycles. The smallest absolute Gasteiger partial charge is 0.183 e. The lowest BCUT2D eigenvalue weighted by Crippen LogP contribution is -2.22. The Morgan fingerprint density at radius 3 is 2.53 bits per heavy atom. The number of hydrogen-bond acceptors (Lipinski definition) is 0. The summed E-state index contributed by atoms with van der Waals surface area (Å²) in [5.41, 5.74) is 4.46. The van der Waals surface area contributed by atoms with Crippen LogP contribution in [0.1, 0.15) is 44.2 Å². The first-order valence-electron chi connectivity index (χ1n) is 5.32.